The van der Waals surface area contributed by atoms with Crippen molar-refractivity contribution in [2.75, 3.05) is 13.1 Å². The van der Waals surface area contributed by atoms with Gasteiger partial charge in [0.1, 0.15) is 17.0 Å². The second-order valence-electron chi connectivity index (χ2n) is 7.12. The highest BCUT2D eigenvalue weighted by Gasteiger charge is 2.51. The fraction of sp³-hybridized carbons (Fsp3) is 0.667. The Balaban J connectivity index is 2.07. The monoisotopic (exact) mass is 289 g/mol. The molecule has 2 aliphatic rings. The van der Waals surface area contributed by atoms with E-state index in [0.29, 0.717) is 0 Å². The molecule has 1 atom stereocenters. The van der Waals surface area contributed by atoms with Crippen LogP contribution in [0.25, 0.3) is 0 Å². The number of nitrogens with one attached hydrogen (secondary N) is 1. The molecular formula is C18H27NO2. The standard InChI is InChI=1S/C18H27NO2/c1-5-17(6-2)12-19-13-18(21-17)11-16(3,4)20-15-10-8-7-9-14(15)18/h7-10,19H,5-6,11-13H2,1-4H3. The Morgan fingerprint density at radius 2 is 1.81 bits per heavy atom. The SMILES string of the molecule is CCC1(CC)CNCC2(CC(C)(C)Oc3ccccc32)O1. The molecule has 1 unspecified atom stereocenters. The lowest BCUT2D eigenvalue weighted by Gasteiger charge is -2.53. The van der Waals surface area contributed by atoms with Gasteiger partial charge in [-0.3, -0.25) is 0 Å². The van der Waals surface area contributed by atoms with Gasteiger partial charge in [-0.15, -0.1) is 0 Å². The summed E-state index contributed by atoms with van der Waals surface area (Å²) in [6.45, 7) is 10.6. The topological polar surface area (TPSA) is 30.5 Å². The van der Waals surface area contributed by atoms with E-state index in [4.69, 9.17) is 9.47 Å². The van der Waals surface area contributed by atoms with Gasteiger partial charge >= 0.3 is 0 Å². The predicted molar refractivity (Wildman–Crippen MR) is 84.7 cm³/mol. The number of ether oxygens (including phenoxy) is 2. The summed E-state index contributed by atoms with van der Waals surface area (Å²) >= 11 is 0. The van der Waals surface area contributed by atoms with Crippen molar-refractivity contribution in [1.82, 2.24) is 5.32 Å². The molecule has 2 aliphatic heterocycles. The van der Waals surface area contributed by atoms with Gasteiger partial charge in [-0.1, -0.05) is 32.0 Å². The zero-order valence-corrected chi connectivity index (χ0v) is 13.7. The predicted octanol–water partition coefficient (Wildman–Crippen LogP) is 3.62. The van der Waals surface area contributed by atoms with Crippen molar-refractivity contribution in [2.45, 2.75) is 63.8 Å². The maximum Gasteiger partial charge on any atom is 0.126 e. The van der Waals surface area contributed by atoms with Gasteiger partial charge in [-0.2, -0.15) is 0 Å². The van der Waals surface area contributed by atoms with Gasteiger partial charge in [0.25, 0.3) is 0 Å². The van der Waals surface area contributed by atoms with Crippen molar-refractivity contribution in [3.05, 3.63) is 29.8 Å². The number of hydrogen-bond donors (Lipinski definition) is 1. The molecule has 1 N–H and O–H groups in total. The number of morpholine rings is 1. The van der Waals surface area contributed by atoms with E-state index in [1.54, 1.807) is 0 Å². The summed E-state index contributed by atoms with van der Waals surface area (Å²) in [4.78, 5) is 0. The Hall–Kier alpha value is -1.06. The molecule has 1 aromatic carbocycles. The Bertz CT molecular complexity index is 522. The van der Waals surface area contributed by atoms with Crippen molar-refractivity contribution in [2.24, 2.45) is 0 Å². The van der Waals surface area contributed by atoms with Crippen LogP contribution in [0.15, 0.2) is 24.3 Å². The fourth-order valence-corrected chi connectivity index (χ4v) is 3.92. The molecule has 1 fully saturated rings. The summed E-state index contributed by atoms with van der Waals surface area (Å²) in [6, 6.07) is 8.35. The molecule has 0 radical (unpaired) electrons. The average Bonchev–Trinajstić information content (AvgIpc) is 2.46. The van der Waals surface area contributed by atoms with Crippen molar-refractivity contribution < 1.29 is 9.47 Å². The molecule has 0 amide bonds. The van der Waals surface area contributed by atoms with Crippen molar-refractivity contribution in [3.63, 3.8) is 0 Å². The summed E-state index contributed by atoms with van der Waals surface area (Å²) in [7, 11) is 0. The highest BCUT2D eigenvalue weighted by atomic mass is 16.5. The first-order valence-electron chi connectivity index (χ1n) is 8.14. The van der Waals surface area contributed by atoms with Gasteiger partial charge < -0.3 is 14.8 Å². The van der Waals surface area contributed by atoms with E-state index in [1.807, 2.05) is 6.07 Å². The van der Waals surface area contributed by atoms with Crippen LogP contribution in [0.1, 0.15) is 52.5 Å². The van der Waals surface area contributed by atoms with E-state index >= 15 is 0 Å². The van der Waals surface area contributed by atoms with Gasteiger partial charge in [-0.25, -0.2) is 0 Å². The Kier molecular flexibility index (Phi) is 3.53. The lowest BCUT2D eigenvalue weighted by Crippen LogP contribution is -2.61. The van der Waals surface area contributed by atoms with Crippen LogP contribution < -0.4 is 10.1 Å². The third kappa shape index (κ3) is 2.47. The minimum atomic E-state index is -0.275. The van der Waals surface area contributed by atoms with Crippen LogP contribution in [-0.4, -0.2) is 24.3 Å². The summed E-state index contributed by atoms with van der Waals surface area (Å²) in [6.07, 6.45) is 2.94. The lowest BCUT2D eigenvalue weighted by molar-refractivity contribution is -0.213. The van der Waals surface area contributed by atoms with Crippen LogP contribution in [0.3, 0.4) is 0 Å². The molecule has 21 heavy (non-hydrogen) atoms. The minimum Gasteiger partial charge on any atom is -0.487 e. The summed E-state index contributed by atoms with van der Waals surface area (Å²) < 4.78 is 13.0. The Morgan fingerprint density at radius 1 is 1.10 bits per heavy atom. The summed E-state index contributed by atoms with van der Waals surface area (Å²) in [5.74, 6) is 0.971. The first kappa shape index (κ1) is 14.9. The molecule has 0 aromatic heterocycles. The first-order chi connectivity index (χ1) is 9.94. The van der Waals surface area contributed by atoms with E-state index in [2.05, 4.69) is 51.2 Å². The first-order valence-corrected chi connectivity index (χ1v) is 8.14. The third-order valence-electron chi connectivity index (χ3n) is 5.03. The summed E-state index contributed by atoms with van der Waals surface area (Å²) in [5.41, 5.74) is 0.643. The normalized spacial score (nSPS) is 29.7. The van der Waals surface area contributed by atoms with Gasteiger partial charge in [-0.05, 0) is 32.8 Å². The molecule has 3 nitrogen and oxygen atoms in total. The molecule has 116 valence electrons. The third-order valence-corrected chi connectivity index (χ3v) is 5.03. The minimum absolute atomic E-state index is 0.0707. The van der Waals surface area contributed by atoms with Crippen molar-refractivity contribution in [3.8, 4) is 5.75 Å². The van der Waals surface area contributed by atoms with E-state index in [9.17, 15) is 0 Å². The molecule has 0 aliphatic carbocycles. The molecule has 0 saturated carbocycles. The van der Waals surface area contributed by atoms with E-state index in [0.717, 1.165) is 38.1 Å². The van der Waals surface area contributed by atoms with Crippen molar-refractivity contribution >= 4 is 0 Å². The average molecular weight is 289 g/mol. The highest BCUT2D eigenvalue weighted by molar-refractivity contribution is 5.42. The molecule has 2 heterocycles. The maximum atomic E-state index is 6.82. The van der Waals surface area contributed by atoms with E-state index in [1.165, 1.54) is 5.56 Å². The molecular weight excluding hydrogens is 262 g/mol. The number of hydrogen-bond acceptors (Lipinski definition) is 3. The number of benzene rings is 1. The zero-order chi connectivity index (χ0) is 15.1. The highest BCUT2D eigenvalue weighted by Crippen LogP contribution is 2.49. The Morgan fingerprint density at radius 3 is 2.52 bits per heavy atom. The van der Waals surface area contributed by atoms with E-state index < -0.39 is 0 Å². The second kappa shape index (κ2) is 4.99. The van der Waals surface area contributed by atoms with Gasteiger partial charge in [0.05, 0.1) is 5.60 Å². The van der Waals surface area contributed by atoms with Gasteiger partial charge in [0.15, 0.2) is 0 Å². The van der Waals surface area contributed by atoms with Crippen LogP contribution in [0.4, 0.5) is 0 Å². The quantitative estimate of drug-likeness (QED) is 0.902. The number of rotatable bonds is 2. The molecule has 0 bridgehead atoms. The molecule has 1 saturated heterocycles. The summed E-state index contributed by atoms with van der Waals surface area (Å²) in [5, 5.41) is 3.64. The molecule has 1 aromatic rings. The van der Waals surface area contributed by atoms with Crippen LogP contribution in [0.5, 0.6) is 5.75 Å². The Labute approximate surface area is 128 Å². The zero-order valence-electron chi connectivity index (χ0n) is 13.7. The van der Waals surface area contributed by atoms with Gasteiger partial charge in [0.2, 0.25) is 0 Å². The van der Waals surface area contributed by atoms with Crippen LogP contribution in [0, 0.1) is 0 Å². The van der Waals surface area contributed by atoms with Gasteiger partial charge in [0, 0.05) is 25.1 Å². The van der Waals surface area contributed by atoms with Crippen molar-refractivity contribution in [1.29, 1.82) is 0 Å². The maximum absolute atomic E-state index is 6.82. The molecule has 1 spiro atoms. The fourth-order valence-electron chi connectivity index (χ4n) is 3.92. The van der Waals surface area contributed by atoms with Crippen LogP contribution in [-0.2, 0) is 10.3 Å². The van der Waals surface area contributed by atoms with Crippen LogP contribution >= 0.6 is 0 Å². The van der Waals surface area contributed by atoms with E-state index in [-0.39, 0.29) is 16.8 Å². The number of fused-ring (bicyclic) bond motifs is 2. The second-order valence-corrected chi connectivity index (χ2v) is 7.12. The number of para-hydroxylation sites is 1. The lowest BCUT2D eigenvalue weighted by atomic mass is 9.77. The smallest absolute Gasteiger partial charge is 0.126 e. The van der Waals surface area contributed by atoms with Crippen LogP contribution in [0.2, 0.25) is 0 Å². The molecule has 3 rings (SSSR count). The largest absolute Gasteiger partial charge is 0.487 e. The molecule has 3 heteroatoms.